The van der Waals surface area contributed by atoms with Gasteiger partial charge in [-0.25, -0.2) is 9.18 Å². The van der Waals surface area contributed by atoms with Crippen LogP contribution in [0, 0.1) is 5.82 Å². The molecule has 2 amide bonds. The first kappa shape index (κ1) is 18.4. The van der Waals surface area contributed by atoms with Gasteiger partial charge in [-0.05, 0) is 61.4 Å². The zero-order valence-corrected chi connectivity index (χ0v) is 15.7. The summed E-state index contributed by atoms with van der Waals surface area (Å²) >= 11 is 5.86. The number of anilines is 1. The van der Waals surface area contributed by atoms with E-state index in [2.05, 4.69) is 15.5 Å². The van der Waals surface area contributed by atoms with Gasteiger partial charge in [0.15, 0.2) is 0 Å². The minimum atomic E-state index is -0.312. The van der Waals surface area contributed by atoms with Crippen molar-refractivity contribution in [3.05, 3.63) is 65.3 Å². The summed E-state index contributed by atoms with van der Waals surface area (Å²) in [6, 6.07) is 12.8. The first-order chi connectivity index (χ1) is 13.6. The van der Waals surface area contributed by atoms with Gasteiger partial charge in [-0.1, -0.05) is 11.6 Å². The van der Waals surface area contributed by atoms with Crippen molar-refractivity contribution in [3.63, 3.8) is 0 Å². The molecule has 3 aromatic rings. The Hall–Kier alpha value is -2.93. The molecule has 0 radical (unpaired) electrons. The number of carbonyl (C=O) groups is 1. The summed E-state index contributed by atoms with van der Waals surface area (Å²) in [6.07, 6.45) is 1.47. The predicted octanol–water partition coefficient (Wildman–Crippen LogP) is 4.94. The number of nitrogens with one attached hydrogen (secondary N) is 1. The number of benzene rings is 2. The molecule has 144 valence electrons. The summed E-state index contributed by atoms with van der Waals surface area (Å²) in [7, 11) is 0. The molecule has 0 bridgehead atoms. The molecule has 0 aliphatic carbocycles. The van der Waals surface area contributed by atoms with Gasteiger partial charge in [-0.15, -0.1) is 10.2 Å². The van der Waals surface area contributed by atoms with Crippen LogP contribution in [0.1, 0.15) is 24.7 Å². The molecular formula is C20H18ClFN4O2. The van der Waals surface area contributed by atoms with Crippen LogP contribution in [0.4, 0.5) is 14.9 Å². The van der Waals surface area contributed by atoms with E-state index in [1.165, 1.54) is 12.1 Å². The summed E-state index contributed by atoms with van der Waals surface area (Å²) < 4.78 is 18.8. The van der Waals surface area contributed by atoms with Crippen LogP contribution in [0.25, 0.3) is 11.5 Å². The molecule has 1 aliphatic rings. The molecule has 0 saturated carbocycles. The third kappa shape index (κ3) is 4.14. The number of aromatic nitrogens is 2. The van der Waals surface area contributed by atoms with Crippen LogP contribution in [0.15, 0.2) is 52.9 Å². The highest BCUT2D eigenvalue weighted by atomic mass is 35.5. The maximum atomic E-state index is 13.0. The van der Waals surface area contributed by atoms with Gasteiger partial charge in [0, 0.05) is 35.3 Å². The van der Waals surface area contributed by atoms with E-state index < -0.39 is 0 Å². The van der Waals surface area contributed by atoms with Crippen molar-refractivity contribution >= 4 is 23.3 Å². The van der Waals surface area contributed by atoms with Crippen molar-refractivity contribution in [2.24, 2.45) is 0 Å². The molecule has 0 atom stereocenters. The van der Waals surface area contributed by atoms with E-state index in [1.54, 1.807) is 41.3 Å². The van der Waals surface area contributed by atoms with Gasteiger partial charge in [0.1, 0.15) is 5.82 Å². The Labute approximate surface area is 166 Å². The van der Waals surface area contributed by atoms with Gasteiger partial charge >= 0.3 is 6.03 Å². The molecule has 2 heterocycles. The smallest absolute Gasteiger partial charge is 0.321 e. The van der Waals surface area contributed by atoms with Crippen molar-refractivity contribution in [2.45, 2.75) is 18.8 Å². The molecule has 1 fully saturated rings. The van der Waals surface area contributed by atoms with E-state index in [0.717, 1.165) is 12.8 Å². The summed E-state index contributed by atoms with van der Waals surface area (Å²) in [4.78, 5) is 14.2. The third-order valence-electron chi connectivity index (χ3n) is 4.76. The lowest BCUT2D eigenvalue weighted by Crippen LogP contribution is -2.40. The molecule has 4 rings (SSSR count). The lowest BCUT2D eigenvalue weighted by Gasteiger charge is -2.30. The normalized spacial score (nSPS) is 14.9. The molecule has 6 nitrogen and oxygen atoms in total. The zero-order valence-electron chi connectivity index (χ0n) is 14.9. The third-order valence-corrected chi connectivity index (χ3v) is 5.01. The van der Waals surface area contributed by atoms with E-state index in [9.17, 15) is 9.18 Å². The Morgan fingerprint density at radius 3 is 2.43 bits per heavy atom. The standard InChI is InChI=1S/C20H18ClFN4O2/c21-15-3-7-17(8-4-15)23-20(27)26-11-9-14(10-12-26)19-25-24-18(28-19)13-1-5-16(22)6-2-13/h1-8,14H,9-12H2,(H,23,27). The van der Waals surface area contributed by atoms with Gasteiger partial charge < -0.3 is 14.6 Å². The number of amides is 2. The highest BCUT2D eigenvalue weighted by Crippen LogP contribution is 2.29. The molecular weight excluding hydrogens is 383 g/mol. The summed E-state index contributed by atoms with van der Waals surface area (Å²) in [5.41, 5.74) is 1.39. The van der Waals surface area contributed by atoms with E-state index >= 15 is 0 Å². The van der Waals surface area contributed by atoms with Crippen molar-refractivity contribution < 1.29 is 13.6 Å². The number of carbonyl (C=O) groups excluding carboxylic acids is 1. The molecule has 0 spiro atoms. The molecule has 28 heavy (non-hydrogen) atoms. The molecule has 1 N–H and O–H groups in total. The fourth-order valence-corrected chi connectivity index (χ4v) is 3.30. The topological polar surface area (TPSA) is 71.3 Å². The van der Waals surface area contributed by atoms with E-state index in [0.29, 0.717) is 41.1 Å². The summed E-state index contributed by atoms with van der Waals surface area (Å²) in [6.45, 7) is 1.19. The van der Waals surface area contributed by atoms with Gasteiger partial charge in [0.05, 0.1) is 0 Å². The number of likely N-dealkylation sites (tertiary alicyclic amines) is 1. The molecule has 1 aromatic heterocycles. The van der Waals surface area contributed by atoms with Crippen LogP contribution in [-0.2, 0) is 0 Å². The molecule has 0 unspecified atom stereocenters. The van der Waals surface area contributed by atoms with E-state index in [-0.39, 0.29) is 17.8 Å². The van der Waals surface area contributed by atoms with Gasteiger partial charge in [-0.3, -0.25) is 0 Å². The van der Waals surface area contributed by atoms with E-state index in [4.69, 9.17) is 16.0 Å². The molecule has 2 aromatic carbocycles. The first-order valence-corrected chi connectivity index (χ1v) is 9.37. The van der Waals surface area contributed by atoms with Crippen molar-refractivity contribution in [2.75, 3.05) is 18.4 Å². The maximum Gasteiger partial charge on any atom is 0.321 e. The Kier molecular flexibility index (Phi) is 5.25. The second kappa shape index (κ2) is 7.98. The number of hydrogen-bond donors (Lipinski definition) is 1. The van der Waals surface area contributed by atoms with Crippen LogP contribution in [0.2, 0.25) is 5.02 Å². The quantitative estimate of drug-likeness (QED) is 0.675. The lowest BCUT2D eigenvalue weighted by molar-refractivity contribution is 0.190. The molecule has 1 aliphatic heterocycles. The number of halogens is 2. The predicted molar refractivity (Wildman–Crippen MR) is 104 cm³/mol. The van der Waals surface area contributed by atoms with E-state index in [1.807, 2.05) is 0 Å². The average Bonchev–Trinajstić information content (AvgIpc) is 3.20. The average molecular weight is 401 g/mol. The first-order valence-electron chi connectivity index (χ1n) is 8.99. The van der Waals surface area contributed by atoms with Crippen molar-refractivity contribution in [1.82, 2.24) is 15.1 Å². The minimum Gasteiger partial charge on any atom is -0.420 e. The van der Waals surface area contributed by atoms with Crippen molar-refractivity contribution in [1.29, 1.82) is 0 Å². The van der Waals surface area contributed by atoms with Gasteiger partial charge in [-0.2, -0.15) is 0 Å². The van der Waals surface area contributed by atoms with Crippen LogP contribution in [0.3, 0.4) is 0 Å². The Morgan fingerprint density at radius 1 is 1.07 bits per heavy atom. The molecule has 8 heteroatoms. The SMILES string of the molecule is O=C(Nc1ccc(Cl)cc1)N1CCC(c2nnc(-c3ccc(F)cc3)o2)CC1. The lowest BCUT2D eigenvalue weighted by atomic mass is 9.97. The van der Waals surface area contributed by atoms with Crippen molar-refractivity contribution in [3.8, 4) is 11.5 Å². The zero-order chi connectivity index (χ0) is 19.5. The van der Waals surface area contributed by atoms with Crippen LogP contribution < -0.4 is 5.32 Å². The highest BCUT2D eigenvalue weighted by molar-refractivity contribution is 6.30. The maximum absolute atomic E-state index is 13.0. The van der Waals surface area contributed by atoms with Crippen LogP contribution in [0.5, 0.6) is 0 Å². The Balaban J connectivity index is 1.34. The Morgan fingerprint density at radius 2 is 1.75 bits per heavy atom. The second-order valence-corrected chi connectivity index (χ2v) is 7.09. The number of hydrogen-bond acceptors (Lipinski definition) is 4. The summed E-state index contributed by atoms with van der Waals surface area (Å²) in [5, 5.41) is 11.7. The Bertz CT molecular complexity index is 951. The number of urea groups is 1. The van der Waals surface area contributed by atoms with Gasteiger partial charge in [0.2, 0.25) is 11.8 Å². The fraction of sp³-hybridized carbons (Fsp3) is 0.250. The second-order valence-electron chi connectivity index (χ2n) is 6.65. The highest BCUT2D eigenvalue weighted by Gasteiger charge is 2.27. The number of piperidine rings is 1. The largest absolute Gasteiger partial charge is 0.420 e. The number of nitrogens with zero attached hydrogens (tertiary/aromatic N) is 3. The molecule has 1 saturated heterocycles. The van der Waals surface area contributed by atoms with Crippen LogP contribution >= 0.6 is 11.6 Å². The number of rotatable bonds is 3. The van der Waals surface area contributed by atoms with Crippen LogP contribution in [-0.4, -0.2) is 34.2 Å². The fourth-order valence-electron chi connectivity index (χ4n) is 3.17. The summed E-state index contributed by atoms with van der Waals surface area (Å²) in [5.74, 6) is 0.712. The monoisotopic (exact) mass is 400 g/mol. The minimum absolute atomic E-state index is 0.0984. The van der Waals surface area contributed by atoms with Gasteiger partial charge in [0.25, 0.3) is 0 Å².